The number of nitrogens with one attached hydrogen (secondary N) is 1. The summed E-state index contributed by atoms with van der Waals surface area (Å²) in [5.74, 6) is 1.53. The highest BCUT2D eigenvalue weighted by Gasteiger charge is 2.20. The van der Waals surface area contributed by atoms with E-state index in [1.165, 1.54) is 11.1 Å². The van der Waals surface area contributed by atoms with Crippen molar-refractivity contribution < 1.29 is 4.79 Å². The Morgan fingerprint density at radius 2 is 2.29 bits per heavy atom. The van der Waals surface area contributed by atoms with Crippen LogP contribution in [-0.2, 0) is 11.2 Å². The summed E-state index contributed by atoms with van der Waals surface area (Å²) in [5.41, 5.74) is 10.2. The molecule has 1 aliphatic carbocycles. The fraction of sp³-hybridized carbons (Fsp3) is 0.333. The van der Waals surface area contributed by atoms with E-state index in [0.29, 0.717) is 18.8 Å². The molecule has 0 spiro atoms. The quantitative estimate of drug-likeness (QED) is 0.645. The van der Waals surface area contributed by atoms with Crippen LogP contribution in [-0.4, -0.2) is 30.4 Å². The number of amides is 1. The van der Waals surface area contributed by atoms with E-state index >= 15 is 0 Å². The Hall–Kier alpha value is -2.08. The largest absolute Gasteiger partial charge is 0.327 e. The van der Waals surface area contributed by atoms with Gasteiger partial charge in [0.15, 0.2) is 5.82 Å². The number of carbonyl (C=O) groups excluding carboxylic acids is 1. The number of aryl methyl sites for hydroxylation is 1. The molecule has 3 rings (SSSR count). The minimum atomic E-state index is 0.462. The molecule has 1 aliphatic heterocycles. The SMILES string of the molecule is [B]C1=CCCC(C2=Cn3cc(NC=O)nc3CC2)=C1CN. The molecule has 0 atom stereocenters. The number of hydrogen-bond donors (Lipinski definition) is 2. The molecule has 21 heavy (non-hydrogen) atoms. The van der Waals surface area contributed by atoms with Crippen molar-refractivity contribution in [2.45, 2.75) is 25.7 Å². The van der Waals surface area contributed by atoms with Crippen molar-refractivity contribution in [3.8, 4) is 0 Å². The second kappa shape index (κ2) is 5.73. The number of fused-ring (bicyclic) bond motifs is 1. The van der Waals surface area contributed by atoms with Gasteiger partial charge in [0.1, 0.15) is 13.7 Å². The average Bonchev–Trinajstić information content (AvgIpc) is 2.88. The summed E-state index contributed by atoms with van der Waals surface area (Å²) in [6, 6.07) is 0. The second-order valence-corrected chi connectivity index (χ2v) is 5.23. The first kappa shape index (κ1) is 13.9. The van der Waals surface area contributed by atoms with Gasteiger partial charge in [0.2, 0.25) is 6.41 Å². The zero-order valence-electron chi connectivity index (χ0n) is 11.8. The van der Waals surface area contributed by atoms with Gasteiger partial charge in [-0.2, -0.15) is 0 Å². The van der Waals surface area contributed by atoms with E-state index in [0.717, 1.165) is 42.6 Å². The molecule has 0 bridgehead atoms. The van der Waals surface area contributed by atoms with Crippen LogP contribution in [0, 0.1) is 0 Å². The summed E-state index contributed by atoms with van der Waals surface area (Å²) < 4.78 is 1.97. The maximum atomic E-state index is 10.5. The Labute approximate surface area is 125 Å². The number of allylic oxidation sites excluding steroid dienone is 3. The summed E-state index contributed by atoms with van der Waals surface area (Å²) in [4.78, 5) is 14.9. The lowest BCUT2D eigenvalue weighted by atomic mass is 9.77. The molecule has 6 heteroatoms. The Morgan fingerprint density at radius 3 is 3.05 bits per heavy atom. The predicted molar refractivity (Wildman–Crippen MR) is 83.7 cm³/mol. The molecular formula is C15H17BN4O. The smallest absolute Gasteiger partial charge is 0.212 e. The number of anilines is 1. The summed E-state index contributed by atoms with van der Waals surface area (Å²) >= 11 is 0. The van der Waals surface area contributed by atoms with Crippen LogP contribution < -0.4 is 11.1 Å². The normalized spacial score (nSPS) is 18.0. The Morgan fingerprint density at radius 1 is 1.43 bits per heavy atom. The first-order chi connectivity index (χ1) is 10.2. The highest BCUT2D eigenvalue weighted by molar-refractivity contribution is 6.24. The second-order valence-electron chi connectivity index (χ2n) is 5.23. The fourth-order valence-corrected chi connectivity index (χ4v) is 2.98. The van der Waals surface area contributed by atoms with Crippen molar-refractivity contribution in [1.82, 2.24) is 9.55 Å². The van der Waals surface area contributed by atoms with E-state index in [9.17, 15) is 4.79 Å². The highest BCUT2D eigenvalue weighted by atomic mass is 16.1. The van der Waals surface area contributed by atoms with Gasteiger partial charge in [0, 0.05) is 19.2 Å². The van der Waals surface area contributed by atoms with Crippen LogP contribution in [0.2, 0.25) is 0 Å². The van der Waals surface area contributed by atoms with Gasteiger partial charge in [0.25, 0.3) is 0 Å². The summed E-state index contributed by atoms with van der Waals surface area (Å²) in [5, 5.41) is 2.58. The molecule has 0 saturated heterocycles. The van der Waals surface area contributed by atoms with E-state index in [1.807, 2.05) is 16.8 Å². The predicted octanol–water partition coefficient (Wildman–Crippen LogP) is 1.34. The van der Waals surface area contributed by atoms with Gasteiger partial charge < -0.3 is 15.6 Å². The third-order valence-corrected chi connectivity index (χ3v) is 3.99. The average molecular weight is 280 g/mol. The zero-order chi connectivity index (χ0) is 14.8. The molecule has 1 aromatic heterocycles. The van der Waals surface area contributed by atoms with E-state index in [-0.39, 0.29) is 0 Å². The first-order valence-electron chi connectivity index (χ1n) is 7.10. The first-order valence-corrected chi connectivity index (χ1v) is 7.10. The van der Waals surface area contributed by atoms with E-state index < -0.39 is 0 Å². The third kappa shape index (κ3) is 2.59. The standard InChI is InChI=1S/C15H17BN4O/c16-13-3-1-2-11(12(13)6-17)10-4-5-15-19-14(18-9-21)8-20(15)7-10/h3,7-9H,1-2,4-6,17H2,(H,18,21). The van der Waals surface area contributed by atoms with Gasteiger partial charge in [-0.05, 0) is 36.0 Å². The van der Waals surface area contributed by atoms with Crippen LogP contribution in [0.1, 0.15) is 25.1 Å². The molecule has 2 radical (unpaired) electrons. The minimum Gasteiger partial charge on any atom is -0.327 e. The summed E-state index contributed by atoms with van der Waals surface area (Å²) in [6.45, 7) is 0.462. The van der Waals surface area contributed by atoms with E-state index in [1.54, 1.807) is 0 Å². The number of nitrogens with zero attached hydrogens (tertiary/aromatic N) is 2. The molecule has 0 saturated carbocycles. The maximum absolute atomic E-state index is 10.5. The topological polar surface area (TPSA) is 72.9 Å². The molecule has 106 valence electrons. The lowest BCUT2D eigenvalue weighted by Gasteiger charge is -2.24. The van der Waals surface area contributed by atoms with Crippen LogP contribution in [0.5, 0.6) is 0 Å². The number of rotatable bonds is 4. The number of aromatic nitrogens is 2. The lowest BCUT2D eigenvalue weighted by Crippen LogP contribution is -2.15. The third-order valence-electron chi connectivity index (χ3n) is 3.99. The van der Waals surface area contributed by atoms with Crippen molar-refractivity contribution in [3.63, 3.8) is 0 Å². The van der Waals surface area contributed by atoms with Gasteiger partial charge in [0.05, 0.1) is 6.20 Å². The molecule has 0 unspecified atom stereocenters. The van der Waals surface area contributed by atoms with Gasteiger partial charge in [-0.3, -0.25) is 4.79 Å². The Bertz CT molecular complexity index is 669. The molecule has 1 amide bonds. The van der Waals surface area contributed by atoms with Crippen LogP contribution in [0.25, 0.3) is 6.20 Å². The number of hydrogen-bond acceptors (Lipinski definition) is 3. The van der Waals surface area contributed by atoms with E-state index in [2.05, 4.69) is 16.5 Å². The molecule has 1 aromatic rings. The molecule has 0 fully saturated rings. The van der Waals surface area contributed by atoms with Gasteiger partial charge >= 0.3 is 0 Å². The van der Waals surface area contributed by atoms with Gasteiger partial charge in [-0.1, -0.05) is 11.5 Å². The van der Waals surface area contributed by atoms with Crippen molar-refractivity contribution in [2.75, 3.05) is 11.9 Å². The maximum Gasteiger partial charge on any atom is 0.212 e. The number of nitrogens with two attached hydrogens (primary N) is 1. The van der Waals surface area contributed by atoms with Crippen LogP contribution >= 0.6 is 0 Å². The Kier molecular flexibility index (Phi) is 3.79. The highest BCUT2D eigenvalue weighted by Crippen LogP contribution is 2.33. The number of carbonyl (C=O) groups is 1. The Balaban J connectivity index is 1.98. The number of imidazole rings is 1. The molecule has 2 heterocycles. The molecule has 3 N–H and O–H groups in total. The minimum absolute atomic E-state index is 0.462. The van der Waals surface area contributed by atoms with Crippen molar-refractivity contribution in [3.05, 3.63) is 40.3 Å². The molecule has 2 aliphatic rings. The molecular weight excluding hydrogens is 263 g/mol. The lowest BCUT2D eigenvalue weighted by molar-refractivity contribution is -0.105. The summed E-state index contributed by atoms with van der Waals surface area (Å²) in [7, 11) is 6.05. The van der Waals surface area contributed by atoms with Gasteiger partial charge in [-0.15, -0.1) is 0 Å². The van der Waals surface area contributed by atoms with E-state index in [4.69, 9.17) is 13.6 Å². The van der Waals surface area contributed by atoms with Crippen LogP contribution in [0.4, 0.5) is 5.82 Å². The monoisotopic (exact) mass is 280 g/mol. The van der Waals surface area contributed by atoms with Crippen molar-refractivity contribution in [1.29, 1.82) is 0 Å². The molecule has 0 aromatic carbocycles. The summed E-state index contributed by atoms with van der Waals surface area (Å²) in [6.07, 6.45) is 10.3. The fourth-order valence-electron chi connectivity index (χ4n) is 2.98. The van der Waals surface area contributed by atoms with Crippen molar-refractivity contribution >= 4 is 26.3 Å². The molecule has 5 nitrogen and oxygen atoms in total. The zero-order valence-corrected chi connectivity index (χ0v) is 11.8. The van der Waals surface area contributed by atoms with Gasteiger partial charge in [-0.25, -0.2) is 4.98 Å². The van der Waals surface area contributed by atoms with Crippen LogP contribution in [0.3, 0.4) is 0 Å². The van der Waals surface area contributed by atoms with Crippen molar-refractivity contribution in [2.24, 2.45) is 5.73 Å². The van der Waals surface area contributed by atoms with Crippen LogP contribution in [0.15, 0.2) is 34.5 Å².